The smallest absolute Gasteiger partial charge is 0.228 e. The molecule has 3 aromatic rings. The van der Waals surface area contributed by atoms with Gasteiger partial charge in [-0.1, -0.05) is 18.7 Å². The third-order valence-corrected chi connectivity index (χ3v) is 6.40. The summed E-state index contributed by atoms with van der Waals surface area (Å²) in [4.78, 5) is 19.0. The van der Waals surface area contributed by atoms with Crippen molar-refractivity contribution in [2.45, 2.75) is 32.4 Å². The number of fused-ring (bicyclic) bond motifs is 1. The van der Waals surface area contributed by atoms with Crippen molar-refractivity contribution in [3.8, 4) is 22.5 Å². The lowest BCUT2D eigenvalue weighted by Gasteiger charge is -2.31. The van der Waals surface area contributed by atoms with Crippen LogP contribution in [0.25, 0.3) is 34.4 Å². The monoisotopic (exact) mass is 460 g/mol. The van der Waals surface area contributed by atoms with Crippen molar-refractivity contribution in [3.05, 3.63) is 72.3 Å². The summed E-state index contributed by atoms with van der Waals surface area (Å²) in [6.07, 6.45) is 4.31. The third kappa shape index (κ3) is 4.02. The molecule has 0 aliphatic carbocycles. The number of halogens is 2. The molecule has 2 aliphatic rings. The molecule has 1 aromatic heterocycles. The number of hydrogen-bond acceptors (Lipinski definition) is 3. The number of amides is 1. The van der Waals surface area contributed by atoms with Crippen LogP contribution in [0.15, 0.2) is 55.1 Å². The fourth-order valence-electron chi connectivity index (χ4n) is 4.65. The number of hydrogen-bond donors (Lipinski definition) is 1. The van der Waals surface area contributed by atoms with Crippen LogP contribution < -0.4 is 5.32 Å². The van der Waals surface area contributed by atoms with Crippen LogP contribution in [0, 0.1) is 5.82 Å². The third-order valence-electron chi connectivity index (χ3n) is 6.40. The molecular weight excluding hydrogens is 434 g/mol. The van der Waals surface area contributed by atoms with Gasteiger partial charge in [-0.3, -0.25) is 9.36 Å². The average Bonchev–Trinajstić information content (AvgIpc) is 3.39. The van der Waals surface area contributed by atoms with Gasteiger partial charge in [-0.15, -0.1) is 0 Å². The van der Waals surface area contributed by atoms with Gasteiger partial charge in [0.15, 0.2) is 5.82 Å². The Hall–Kier alpha value is -3.74. The van der Waals surface area contributed by atoms with Crippen molar-refractivity contribution in [2.75, 3.05) is 18.4 Å². The number of benzene rings is 2. The molecule has 2 aromatic carbocycles. The van der Waals surface area contributed by atoms with Gasteiger partial charge in [-0.2, -0.15) is 0 Å². The SMILES string of the molecule is C=C(c1nc(-c2ccc(F)cc2)c(-c2ccc3c(c2)CC(=O)N3)n1/C=C\C)N1CCC(F)CC1. The van der Waals surface area contributed by atoms with Crippen molar-refractivity contribution in [1.29, 1.82) is 0 Å². The molecule has 5 nitrogen and oxygen atoms in total. The summed E-state index contributed by atoms with van der Waals surface area (Å²) >= 11 is 0. The summed E-state index contributed by atoms with van der Waals surface area (Å²) in [5.74, 6) is 0.302. The van der Waals surface area contributed by atoms with Gasteiger partial charge in [0.25, 0.3) is 0 Å². The number of piperidine rings is 1. The van der Waals surface area contributed by atoms with Crippen LogP contribution in [0.1, 0.15) is 31.2 Å². The number of nitrogens with zero attached hydrogens (tertiary/aromatic N) is 3. The lowest BCUT2D eigenvalue weighted by molar-refractivity contribution is -0.115. The fourth-order valence-corrected chi connectivity index (χ4v) is 4.65. The molecule has 0 spiro atoms. The van der Waals surface area contributed by atoms with E-state index in [-0.39, 0.29) is 11.7 Å². The van der Waals surface area contributed by atoms with Crippen LogP contribution in [0.5, 0.6) is 0 Å². The van der Waals surface area contributed by atoms with Crippen LogP contribution in [0.3, 0.4) is 0 Å². The molecule has 1 amide bonds. The van der Waals surface area contributed by atoms with Gasteiger partial charge in [-0.25, -0.2) is 13.8 Å². The van der Waals surface area contributed by atoms with Gasteiger partial charge < -0.3 is 10.2 Å². The highest BCUT2D eigenvalue weighted by Gasteiger charge is 2.27. The second kappa shape index (κ2) is 8.89. The standard InChI is InChI=1S/C27H26F2N4O/c1-3-12-33-26(19-6-9-23-20(15-19)16-24(34)30-23)25(18-4-7-21(28)8-5-18)31-27(33)17(2)32-13-10-22(29)11-14-32/h3-9,12,15,22H,2,10-11,13-14,16H2,1H3,(H,30,34)/b12-3-. The molecule has 174 valence electrons. The zero-order chi connectivity index (χ0) is 23.8. The van der Waals surface area contributed by atoms with Gasteiger partial charge in [0.05, 0.1) is 23.5 Å². The number of anilines is 1. The number of likely N-dealkylation sites (tertiary alicyclic amines) is 1. The quantitative estimate of drug-likeness (QED) is 0.528. The first-order chi connectivity index (χ1) is 16.4. The molecule has 2 aliphatic heterocycles. The van der Waals surface area contributed by atoms with Crippen molar-refractivity contribution in [3.63, 3.8) is 0 Å². The van der Waals surface area contributed by atoms with Crippen LogP contribution in [0.4, 0.5) is 14.5 Å². The van der Waals surface area contributed by atoms with Crippen molar-refractivity contribution in [1.82, 2.24) is 14.5 Å². The van der Waals surface area contributed by atoms with E-state index in [0.29, 0.717) is 43.9 Å². The number of nitrogens with one attached hydrogen (secondary N) is 1. The first kappa shape index (κ1) is 22.1. The van der Waals surface area contributed by atoms with Crippen molar-refractivity contribution in [2.24, 2.45) is 0 Å². The Morgan fingerprint density at radius 3 is 2.56 bits per heavy atom. The predicted octanol–water partition coefficient (Wildman–Crippen LogP) is 5.75. The van der Waals surface area contributed by atoms with E-state index >= 15 is 0 Å². The zero-order valence-corrected chi connectivity index (χ0v) is 19.0. The minimum absolute atomic E-state index is 0.0294. The van der Waals surface area contributed by atoms with E-state index in [9.17, 15) is 13.6 Å². The highest BCUT2D eigenvalue weighted by atomic mass is 19.1. The Morgan fingerprint density at radius 2 is 1.85 bits per heavy atom. The predicted molar refractivity (Wildman–Crippen MR) is 131 cm³/mol. The molecule has 1 fully saturated rings. The number of alkyl halides is 1. The molecule has 7 heteroatoms. The Bertz CT molecular complexity index is 1280. The highest BCUT2D eigenvalue weighted by Crippen LogP contribution is 2.38. The minimum Gasteiger partial charge on any atom is -0.369 e. The molecular formula is C27H26F2N4O. The second-order valence-electron chi connectivity index (χ2n) is 8.70. The molecule has 3 heterocycles. The molecule has 0 saturated carbocycles. The molecule has 0 radical (unpaired) electrons. The Kier molecular flexibility index (Phi) is 5.77. The number of carbonyl (C=O) groups excluding carboxylic acids is 1. The Labute approximate surface area is 197 Å². The number of rotatable bonds is 5. The van der Waals surface area contributed by atoms with Crippen LogP contribution in [-0.4, -0.2) is 39.6 Å². The molecule has 0 atom stereocenters. The van der Waals surface area contributed by atoms with Crippen LogP contribution in [0.2, 0.25) is 0 Å². The van der Waals surface area contributed by atoms with Gasteiger partial charge in [0.1, 0.15) is 12.0 Å². The highest BCUT2D eigenvalue weighted by molar-refractivity contribution is 6.00. The second-order valence-corrected chi connectivity index (χ2v) is 8.70. The van der Waals surface area contributed by atoms with Gasteiger partial charge in [0.2, 0.25) is 5.91 Å². The lowest BCUT2D eigenvalue weighted by atomic mass is 10.0. The van der Waals surface area contributed by atoms with Crippen molar-refractivity contribution < 1.29 is 13.6 Å². The van der Waals surface area contributed by atoms with Crippen LogP contribution >= 0.6 is 0 Å². The van der Waals surface area contributed by atoms with E-state index < -0.39 is 6.17 Å². The lowest BCUT2D eigenvalue weighted by Crippen LogP contribution is -2.33. The Balaban J connectivity index is 1.68. The number of aromatic nitrogens is 2. The molecule has 0 bridgehead atoms. The summed E-state index contributed by atoms with van der Waals surface area (Å²) in [5, 5.41) is 2.87. The maximum Gasteiger partial charge on any atom is 0.228 e. The van der Waals surface area contributed by atoms with Gasteiger partial charge >= 0.3 is 0 Å². The minimum atomic E-state index is -0.785. The number of allylic oxidation sites excluding steroid dienone is 1. The topological polar surface area (TPSA) is 50.2 Å². The maximum atomic E-state index is 13.8. The van der Waals surface area contributed by atoms with Gasteiger partial charge in [0, 0.05) is 36.1 Å². The molecule has 34 heavy (non-hydrogen) atoms. The average molecular weight is 461 g/mol. The van der Waals surface area contributed by atoms with E-state index in [2.05, 4.69) is 16.8 Å². The summed E-state index contributed by atoms with van der Waals surface area (Å²) in [6, 6.07) is 12.1. The van der Waals surface area contributed by atoms with E-state index in [1.165, 1.54) is 12.1 Å². The maximum absolute atomic E-state index is 13.8. The summed E-state index contributed by atoms with van der Waals surface area (Å²) in [5.41, 5.74) is 5.62. The van der Waals surface area contributed by atoms with E-state index in [1.54, 1.807) is 12.1 Å². The van der Waals surface area contributed by atoms with E-state index in [4.69, 9.17) is 4.98 Å². The first-order valence-electron chi connectivity index (χ1n) is 11.5. The summed E-state index contributed by atoms with van der Waals surface area (Å²) in [6.45, 7) is 7.40. The summed E-state index contributed by atoms with van der Waals surface area (Å²) in [7, 11) is 0. The molecule has 5 rings (SSSR count). The number of carbonyl (C=O) groups is 1. The van der Waals surface area contributed by atoms with Gasteiger partial charge in [-0.05, 0) is 61.7 Å². The van der Waals surface area contributed by atoms with E-state index in [0.717, 1.165) is 33.8 Å². The van der Waals surface area contributed by atoms with Crippen LogP contribution in [-0.2, 0) is 11.2 Å². The normalized spacial score (nSPS) is 16.2. The largest absolute Gasteiger partial charge is 0.369 e. The molecule has 0 unspecified atom stereocenters. The Morgan fingerprint density at radius 1 is 1.15 bits per heavy atom. The summed E-state index contributed by atoms with van der Waals surface area (Å²) < 4.78 is 29.4. The molecule has 1 N–H and O–H groups in total. The first-order valence-corrected chi connectivity index (χ1v) is 11.5. The zero-order valence-electron chi connectivity index (χ0n) is 19.0. The number of imidazole rings is 1. The fraction of sp³-hybridized carbons (Fsp3) is 0.259. The molecule has 1 saturated heterocycles. The van der Waals surface area contributed by atoms with Crippen molar-refractivity contribution >= 4 is 23.5 Å². The van der Waals surface area contributed by atoms with E-state index in [1.807, 2.05) is 42.0 Å².